The van der Waals surface area contributed by atoms with Crippen LogP contribution in [0.15, 0.2) is 30.5 Å². The van der Waals surface area contributed by atoms with Crippen LogP contribution < -0.4 is 16.0 Å². The number of urea groups is 1. The van der Waals surface area contributed by atoms with E-state index in [4.69, 9.17) is 10.6 Å². The van der Waals surface area contributed by atoms with E-state index < -0.39 is 35.7 Å². The van der Waals surface area contributed by atoms with E-state index in [0.717, 1.165) is 36.2 Å². The van der Waals surface area contributed by atoms with Crippen LogP contribution in [0, 0.1) is 0 Å². The maximum Gasteiger partial charge on any atom is 0.416 e. The highest BCUT2D eigenvalue weighted by Crippen LogP contribution is 2.31. The summed E-state index contributed by atoms with van der Waals surface area (Å²) in [5.74, 6) is -2.20. The zero-order valence-corrected chi connectivity index (χ0v) is 18.7. The fraction of sp³-hybridized carbons (Fsp3) is 0.409. The molecule has 1 saturated carbocycles. The summed E-state index contributed by atoms with van der Waals surface area (Å²) in [7, 11) is 0. The van der Waals surface area contributed by atoms with Gasteiger partial charge in [-0.15, -0.1) is 0 Å². The fourth-order valence-corrected chi connectivity index (χ4v) is 4.05. The van der Waals surface area contributed by atoms with Gasteiger partial charge in [0.15, 0.2) is 0 Å². The average Bonchev–Trinajstić information content (AvgIpc) is 3.45. The van der Waals surface area contributed by atoms with Gasteiger partial charge in [-0.1, -0.05) is 18.9 Å². The summed E-state index contributed by atoms with van der Waals surface area (Å²) in [6.45, 7) is 2.11. The van der Waals surface area contributed by atoms with Gasteiger partial charge in [0.25, 0.3) is 5.91 Å². The molecular weight excluding hydrogens is 469 g/mol. The Balaban J connectivity index is 1.57. The zero-order valence-electron chi connectivity index (χ0n) is 18.7. The summed E-state index contributed by atoms with van der Waals surface area (Å²) >= 11 is 0. The molecule has 3 amide bonds. The second kappa shape index (κ2) is 9.39. The van der Waals surface area contributed by atoms with Gasteiger partial charge in [-0.05, 0) is 38.0 Å². The van der Waals surface area contributed by atoms with Crippen LogP contribution in [0.4, 0.5) is 29.7 Å². The first-order chi connectivity index (χ1) is 16.5. The Morgan fingerprint density at radius 3 is 2.57 bits per heavy atom. The molecule has 35 heavy (non-hydrogen) atoms. The number of aromatic nitrogens is 2. The van der Waals surface area contributed by atoms with Crippen LogP contribution in [0.5, 0.6) is 0 Å². The van der Waals surface area contributed by atoms with E-state index in [1.807, 2.05) is 0 Å². The summed E-state index contributed by atoms with van der Waals surface area (Å²) in [6.07, 6.45) is -0.980. The maximum absolute atomic E-state index is 13.1. The molecule has 2 fully saturated rings. The summed E-state index contributed by atoms with van der Waals surface area (Å²) in [4.78, 5) is 52.7. The molecule has 2 aliphatic rings. The number of hydrogen-bond donors (Lipinski definition) is 2. The van der Waals surface area contributed by atoms with Crippen molar-refractivity contribution in [1.29, 1.82) is 0 Å². The minimum Gasteiger partial charge on any atom is -0.383 e. The van der Waals surface area contributed by atoms with Gasteiger partial charge >= 0.3 is 18.2 Å². The Labute approximate surface area is 198 Å². The Bertz CT molecular complexity index is 1150. The van der Waals surface area contributed by atoms with Crippen LogP contribution in [0.1, 0.15) is 58.9 Å². The van der Waals surface area contributed by atoms with Crippen LogP contribution in [0.3, 0.4) is 0 Å². The molecule has 13 heteroatoms. The number of hydrogen-bond acceptors (Lipinski definition) is 7. The van der Waals surface area contributed by atoms with E-state index in [9.17, 15) is 27.6 Å². The SMILES string of the molecule is CC1CN(c2ncc(C(=O)ON(C(=O)c3cccc(C(F)(F)F)c3)C3CCCC3)c(N)n2)C(=O)N1. The fourth-order valence-electron chi connectivity index (χ4n) is 4.05. The van der Waals surface area contributed by atoms with Crippen LogP contribution >= 0.6 is 0 Å². The largest absolute Gasteiger partial charge is 0.416 e. The third-order valence-corrected chi connectivity index (χ3v) is 5.81. The molecule has 1 unspecified atom stereocenters. The molecule has 186 valence electrons. The van der Waals surface area contributed by atoms with Gasteiger partial charge in [0.1, 0.15) is 11.4 Å². The van der Waals surface area contributed by atoms with Gasteiger partial charge in [-0.25, -0.2) is 14.6 Å². The lowest BCUT2D eigenvalue weighted by molar-refractivity contribution is -0.137. The number of nitrogen functional groups attached to an aromatic ring is 1. The highest BCUT2D eigenvalue weighted by atomic mass is 19.4. The van der Waals surface area contributed by atoms with Gasteiger partial charge in [0, 0.05) is 17.8 Å². The number of hydroxylamine groups is 2. The number of rotatable bonds is 4. The highest BCUT2D eigenvalue weighted by Gasteiger charge is 2.35. The molecule has 0 radical (unpaired) electrons. The lowest BCUT2D eigenvalue weighted by atomic mass is 10.1. The summed E-state index contributed by atoms with van der Waals surface area (Å²) in [5, 5.41) is 3.49. The van der Waals surface area contributed by atoms with Gasteiger partial charge in [0.05, 0.1) is 18.2 Å². The van der Waals surface area contributed by atoms with Crippen molar-refractivity contribution in [3.8, 4) is 0 Å². The van der Waals surface area contributed by atoms with Crippen molar-refractivity contribution in [1.82, 2.24) is 20.3 Å². The molecule has 3 N–H and O–H groups in total. The van der Waals surface area contributed by atoms with Crippen LogP contribution in [-0.4, -0.2) is 51.6 Å². The van der Waals surface area contributed by atoms with Crippen molar-refractivity contribution >= 4 is 29.7 Å². The first-order valence-electron chi connectivity index (χ1n) is 11.0. The van der Waals surface area contributed by atoms with E-state index in [0.29, 0.717) is 25.5 Å². The smallest absolute Gasteiger partial charge is 0.383 e. The number of nitrogens with one attached hydrogen (secondary N) is 1. The Hall–Kier alpha value is -3.90. The number of nitrogens with zero attached hydrogens (tertiary/aromatic N) is 4. The molecule has 1 aromatic heterocycles. The third kappa shape index (κ3) is 5.12. The zero-order chi connectivity index (χ0) is 25.3. The van der Waals surface area contributed by atoms with E-state index in [1.165, 1.54) is 11.0 Å². The first-order valence-corrected chi connectivity index (χ1v) is 11.0. The molecule has 1 atom stereocenters. The summed E-state index contributed by atoms with van der Waals surface area (Å²) < 4.78 is 39.4. The second-order valence-corrected chi connectivity index (χ2v) is 8.46. The number of nitrogens with two attached hydrogens (primary N) is 1. The number of carbonyl (C=O) groups is 3. The van der Waals surface area contributed by atoms with E-state index in [2.05, 4.69) is 15.3 Å². The van der Waals surface area contributed by atoms with Crippen molar-refractivity contribution in [2.24, 2.45) is 0 Å². The van der Waals surface area contributed by atoms with Crippen molar-refractivity contribution in [2.75, 3.05) is 17.2 Å². The third-order valence-electron chi connectivity index (χ3n) is 5.81. The standard InChI is InChI=1S/C22H23F3N6O4/c1-12-11-30(21(34)28-12)20-27-10-16(17(26)29-20)19(33)35-31(15-7-2-3-8-15)18(32)13-5-4-6-14(9-13)22(23,24)25/h4-6,9-10,12,15H,2-3,7-8,11H2,1H3,(H,28,34)(H2,26,27,29). The Kier molecular flexibility index (Phi) is 6.50. The second-order valence-electron chi connectivity index (χ2n) is 8.46. The van der Waals surface area contributed by atoms with Gasteiger partial charge in [-0.2, -0.15) is 23.2 Å². The van der Waals surface area contributed by atoms with Crippen molar-refractivity contribution in [3.63, 3.8) is 0 Å². The van der Waals surface area contributed by atoms with Crippen LogP contribution in [0.25, 0.3) is 0 Å². The monoisotopic (exact) mass is 492 g/mol. The lowest BCUT2D eigenvalue weighted by Gasteiger charge is -2.27. The van der Waals surface area contributed by atoms with Crippen LogP contribution in [-0.2, 0) is 11.0 Å². The number of alkyl halides is 3. The summed E-state index contributed by atoms with van der Waals surface area (Å²) in [5.41, 5.74) is 4.41. The minimum atomic E-state index is -4.64. The number of benzene rings is 1. The van der Waals surface area contributed by atoms with E-state index in [-0.39, 0.29) is 28.9 Å². The quantitative estimate of drug-likeness (QED) is 0.627. The lowest BCUT2D eigenvalue weighted by Crippen LogP contribution is -2.41. The molecule has 2 heterocycles. The first kappa shape index (κ1) is 24.2. The maximum atomic E-state index is 13.1. The molecule has 2 aromatic rings. The van der Waals surface area contributed by atoms with E-state index in [1.54, 1.807) is 6.92 Å². The van der Waals surface area contributed by atoms with Crippen molar-refractivity contribution in [3.05, 3.63) is 47.2 Å². The number of anilines is 2. The molecular formula is C22H23F3N6O4. The average molecular weight is 492 g/mol. The molecule has 4 rings (SSSR count). The predicted molar refractivity (Wildman–Crippen MR) is 117 cm³/mol. The molecule has 1 saturated heterocycles. The topological polar surface area (TPSA) is 131 Å². The predicted octanol–water partition coefficient (Wildman–Crippen LogP) is 3.15. The van der Waals surface area contributed by atoms with Crippen molar-refractivity contribution in [2.45, 2.75) is 50.9 Å². The highest BCUT2D eigenvalue weighted by molar-refractivity contribution is 5.98. The van der Waals surface area contributed by atoms with Crippen LogP contribution in [0.2, 0.25) is 0 Å². The van der Waals surface area contributed by atoms with E-state index >= 15 is 0 Å². The Morgan fingerprint density at radius 2 is 1.97 bits per heavy atom. The normalized spacial score (nSPS) is 18.5. The molecule has 0 bridgehead atoms. The molecule has 0 spiro atoms. The van der Waals surface area contributed by atoms with Gasteiger partial charge < -0.3 is 15.9 Å². The Morgan fingerprint density at radius 1 is 1.26 bits per heavy atom. The molecule has 1 aliphatic carbocycles. The molecule has 1 aromatic carbocycles. The molecule has 10 nitrogen and oxygen atoms in total. The number of amides is 3. The number of halogens is 3. The number of carbonyl (C=O) groups excluding carboxylic acids is 3. The van der Waals surface area contributed by atoms with Gasteiger partial charge in [-0.3, -0.25) is 9.69 Å². The van der Waals surface area contributed by atoms with Crippen molar-refractivity contribution < 1.29 is 32.4 Å². The molecule has 1 aliphatic heterocycles. The minimum absolute atomic E-state index is 0.00593. The summed E-state index contributed by atoms with van der Waals surface area (Å²) in [6, 6.07) is 2.87. The van der Waals surface area contributed by atoms with Gasteiger partial charge in [0.2, 0.25) is 5.95 Å².